The fourth-order valence-corrected chi connectivity index (χ4v) is 4.04. The molecule has 26 heavy (non-hydrogen) atoms. The van der Waals surface area contributed by atoms with E-state index in [-0.39, 0.29) is 5.97 Å². The smallest absolute Gasteiger partial charge is 0.337 e. The molecule has 0 bridgehead atoms. The van der Waals surface area contributed by atoms with E-state index in [1.54, 1.807) is 0 Å². The average Bonchev–Trinajstić information content (AvgIpc) is 2.69. The van der Waals surface area contributed by atoms with Crippen LogP contribution < -0.4 is 0 Å². The Morgan fingerprint density at radius 3 is 2.27 bits per heavy atom. The Bertz CT molecular complexity index is 600. The van der Waals surface area contributed by atoms with Crippen LogP contribution in [0.2, 0.25) is 0 Å². The van der Waals surface area contributed by atoms with Crippen LogP contribution in [0.25, 0.3) is 0 Å². The van der Waals surface area contributed by atoms with Gasteiger partial charge in [-0.05, 0) is 36.5 Å². The molecule has 1 aliphatic heterocycles. The van der Waals surface area contributed by atoms with Crippen molar-refractivity contribution in [1.82, 2.24) is 9.80 Å². The van der Waals surface area contributed by atoms with Crippen molar-refractivity contribution in [1.29, 1.82) is 0 Å². The Balaban J connectivity index is 1.43. The molecule has 5 heteroatoms. The molecule has 5 nitrogen and oxygen atoms in total. The van der Waals surface area contributed by atoms with Gasteiger partial charge in [-0.1, -0.05) is 31.4 Å². The minimum absolute atomic E-state index is 0.304. The third-order valence-electron chi connectivity index (χ3n) is 5.69. The van der Waals surface area contributed by atoms with E-state index in [0.29, 0.717) is 17.4 Å². The minimum atomic E-state index is -0.304. The first-order valence-electron chi connectivity index (χ1n) is 9.83. The maximum atomic E-state index is 12.5. The van der Waals surface area contributed by atoms with Gasteiger partial charge in [0.25, 0.3) is 0 Å². The monoisotopic (exact) mass is 358 g/mol. The Hall–Kier alpha value is -1.88. The molecule has 1 saturated carbocycles. The van der Waals surface area contributed by atoms with Crippen molar-refractivity contribution >= 4 is 11.9 Å². The van der Waals surface area contributed by atoms with Gasteiger partial charge in [0, 0.05) is 39.1 Å². The van der Waals surface area contributed by atoms with Crippen molar-refractivity contribution in [3.63, 3.8) is 0 Å². The van der Waals surface area contributed by atoms with Gasteiger partial charge in [0.2, 0.25) is 5.91 Å². The highest BCUT2D eigenvalue weighted by atomic mass is 16.5. The molecule has 3 rings (SSSR count). The standard InChI is InChI=1S/C21H30N2O3/c1-26-21(25)19-9-7-18(8-10-19)16-22-11-13-23(14-12-22)20(24)15-17-5-3-2-4-6-17/h7-10,17H,2-6,11-16H2,1H3. The largest absolute Gasteiger partial charge is 0.465 e. The summed E-state index contributed by atoms with van der Waals surface area (Å²) in [5.41, 5.74) is 1.76. The number of amides is 1. The summed E-state index contributed by atoms with van der Waals surface area (Å²) in [6.07, 6.45) is 7.13. The van der Waals surface area contributed by atoms with Gasteiger partial charge < -0.3 is 9.64 Å². The van der Waals surface area contributed by atoms with Crippen LogP contribution in [0.1, 0.15) is 54.4 Å². The van der Waals surface area contributed by atoms with Crippen LogP contribution in [0.5, 0.6) is 0 Å². The first-order valence-corrected chi connectivity index (χ1v) is 9.83. The maximum Gasteiger partial charge on any atom is 0.337 e. The normalized spacial score (nSPS) is 19.3. The average molecular weight is 358 g/mol. The molecule has 0 N–H and O–H groups in total. The second-order valence-electron chi connectivity index (χ2n) is 7.55. The summed E-state index contributed by atoms with van der Waals surface area (Å²) in [6, 6.07) is 7.58. The van der Waals surface area contributed by atoms with Crippen molar-refractivity contribution in [3.8, 4) is 0 Å². The van der Waals surface area contributed by atoms with Crippen LogP contribution in [-0.4, -0.2) is 55.0 Å². The van der Waals surface area contributed by atoms with E-state index >= 15 is 0 Å². The number of benzene rings is 1. The molecule has 1 heterocycles. The number of piperazine rings is 1. The Morgan fingerprint density at radius 1 is 1.00 bits per heavy atom. The maximum absolute atomic E-state index is 12.5. The zero-order chi connectivity index (χ0) is 18.4. The van der Waals surface area contributed by atoms with Crippen molar-refractivity contribution < 1.29 is 14.3 Å². The molecule has 2 aliphatic rings. The van der Waals surface area contributed by atoms with Gasteiger partial charge in [-0.3, -0.25) is 9.69 Å². The number of hydrogen-bond acceptors (Lipinski definition) is 4. The molecule has 1 amide bonds. The van der Waals surface area contributed by atoms with Gasteiger partial charge >= 0.3 is 5.97 Å². The summed E-state index contributed by atoms with van der Waals surface area (Å²) in [5.74, 6) is 0.656. The lowest BCUT2D eigenvalue weighted by atomic mass is 9.86. The molecule has 1 aliphatic carbocycles. The molecule has 0 atom stereocenters. The number of carbonyl (C=O) groups excluding carboxylic acids is 2. The quantitative estimate of drug-likeness (QED) is 0.759. The fraction of sp³-hybridized carbons (Fsp3) is 0.619. The second kappa shape index (κ2) is 9.17. The fourth-order valence-electron chi connectivity index (χ4n) is 4.04. The van der Waals surface area contributed by atoms with E-state index in [4.69, 9.17) is 4.74 Å². The number of carbonyl (C=O) groups is 2. The molecule has 1 saturated heterocycles. The van der Waals surface area contributed by atoms with Crippen molar-refractivity contribution in [3.05, 3.63) is 35.4 Å². The van der Waals surface area contributed by atoms with Crippen LogP contribution in [0.3, 0.4) is 0 Å². The molecule has 0 radical (unpaired) electrons. The number of rotatable bonds is 5. The number of ether oxygens (including phenoxy) is 1. The third-order valence-corrected chi connectivity index (χ3v) is 5.69. The zero-order valence-electron chi connectivity index (χ0n) is 15.8. The van der Waals surface area contributed by atoms with Crippen molar-refractivity contribution in [2.24, 2.45) is 5.92 Å². The number of methoxy groups -OCH3 is 1. The predicted octanol–water partition coefficient (Wildman–Crippen LogP) is 3.09. The molecular formula is C21H30N2O3. The lowest BCUT2D eigenvalue weighted by molar-refractivity contribution is -0.134. The van der Waals surface area contributed by atoms with Crippen LogP contribution in [0, 0.1) is 5.92 Å². The van der Waals surface area contributed by atoms with E-state index < -0.39 is 0 Å². The molecule has 142 valence electrons. The first kappa shape index (κ1) is 18.9. The summed E-state index contributed by atoms with van der Waals surface area (Å²) in [7, 11) is 1.39. The predicted molar refractivity (Wildman–Crippen MR) is 101 cm³/mol. The number of nitrogens with zero attached hydrogens (tertiary/aromatic N) is 2. The van der Waals surface area contributed by atoms with Crippen molar-refractivity contribution in [2.75, 3.05) is 33.3 Å². The third kappa shape index (κ3) is 5.07. The van der Waals surface area contributed by atoms with Crippen LogP contribution in [0.4, 0.5) is 0 Å². The number of esters is 1. The Kier molecular flexibility index (Phi) is 6.67. The highest BCUT2D eigenvalue weighted by Crippen LogP contribution is 2.27. The minimum Gasteiger partial charge on any atom is -0.465 e. The summed E-state index contributed by atoms with van der Waals surface area (Å²) in [4.78, 5) is 28.4. The Morgan fingerprint density at radius 2 is 1.65 bits per heavy atom. The van der Waals surface area contributed by atoms with E-state index in [2.05, 4.69) is 4.90 Å². The second-order valence-corrected chi connectivity index (χ2v) is 7.55. The lowest BCUT2D eigenvalue weighted by Crippen LogP contribution is -2.48. The molecule has 0 spiro atoms. The van der Waals surface area contributed by atoms with Crippen LogP contribution in [-0.2, 0) is 16.1 Å². The first-order chi connectivity index (χ1) is 12.7. The van der Waals surface area contributed by atoms with Crippen molar-refractivity contribution in [2.45, 2.75) is 45.1 Å². The van der Waals surface area contributed by atoms with Gasteiger partial charge in [0.1, 0.15) is 0 Å². The summed E-state index contributed by atoms with van der Waals surface area (Å²) >= 11 is 0. The van der Waals surface area contributed by atoms with Gasteiger partial charge in [-0.15, -0.1) is 0 Å². The summed E-state index contributed by atoms with van der Waals surface area (Å²) in [5, 5.41) is 0. The van der Waals surface area contributed by atoms with Gasteiger partial charge in [0.15, 0.2) is 0 Å². The topological polar surface area (TPSA) is 49.9 Å². The number of hydrogen-bond donors (Lipinski definition) is 0. The van der Waals surface area contributed by atoms with Gasteiger partial charge in [0.05, 0.1) is 12.7 Å². The summed E-state index contributed by atoms with van der Waals surface area (Å²) in [6.45, 7) is 4.33. The highest BCUT2D eigenvalue weighted by Gasteiger charge is 2.24. The van der Waals surface area contributed by atoms with Crippen LogP contribution >= 0.6 is 0 Å². The van der Waals surface area contributed by atoms with Gasteiger partial charge in [-0.2, -0.15) is 0 Å². The zero-order valence-corrected chi connectivity index (χ0v) is 15.8. The van der Waals surface area contributed by atoms with Crippen LogP contribution in [0.15, 0.2) is 24.3 Å². The van der Waals surface area contributed by atoms with E-state index in [1.807, 2.05) is 29.2 Å². The molecule has 1 aromatic rings. The molecule has 0 unspecified atom stereocenters. The lowest BCUT2D eigenvalue weighted by Gasteiger charge is -2.35. The van der Waals surface area contributed by atoms with E-state index in [1.165, 1.54) is 44.8 Å². The van der Waals surface area contributed by atoms with E-state index in [0.717, 1.165) is 39.1 Å². The molecular weight excluding hydrogens is 328 g/mol. The SMILES string of the molecule is COC(=O)c1ccc(CN2CCN(C(=O)CC3CCCCC3)CC2)cc1. The Labute approximate surface area is 156 Å². The summed E-state index contributed by atoms with van der Waals surface area (Å²) < 4.78 is 4.73. The van der Waals surface area contributed by atoms with E-state index in [9.17, 15) is 9.59 Å². The highest BCUT2D eigenvalue weighted by molar-refractivity contribution is 5.89. The molecule has 2 fully saturated rings. The molecule has 1 aromatic carbocycles. The molecule has 0 aromatic heterocycles. The van der Waals surface area contributed by atoms with Gasteiger partial charge in [-0.25, -0.2) is 4.79 Å².